The minimum Gasteiger partial charge on any atom is -0.506 e. The number of nitrogens with zero attached hydrogens (tertiary/aromatic N) is 5. The van der Waals surface area contributed by atoms with Crippen LogP contribution in [0.3, 0.4) is 0 Å². The first-order valence-electron chi connectivity index (χ1n) is 13.5. The maximum Gasteiger partial charge on any atom is 0.298 e. The van der Waals surface area contributed by atoms with Gasteiger partial charge in [0.15, 0.2) is 5.65 Å². The van der Waals surface area contributed by atoms with Crippen LogP contribution in [0.1, 0.15) is 58.2 Å². The summed E-state index contributed by atoms with van der Waals surface area (Å²) in [4.78, 5) is 24.9. The number of carbonyl (C=O) groups excluding carboxylic acids is 1. The van der Waals surface area contributed by atoms with Crippen LogP contribution in [0.25, 0.3) is 27.9 Å². The smallest absolute Gasteiger partial charge is 0.298 e. The van der Waals surface area contributed by atoms with Crippen molar-refractivity contribution >= 4 is 28.9 Å². The number of ether oxygens (including phenoxy) is 1. The van der Waals surface area contributed by atoms with Crippen molar-refractivity contribution in [3.63, 3.8) is 0 Å². The average Bonchev–Trinajstić information content (AvgIpc) is 3.28. The van der Waals surface area contributed by atoms with Gasteiger partial charge >= 0.3 is 0 Å². The van der Waals surface area contributed by atoms with E-state index in [0.29, 0.717) is 40.9 Å². The summed E-state index contributed by atoms with van der Waals surface area (Å²) in [5.41, 5.74) is 11.1. The van der Waals surface area contributed by atoms with E-state index in [-0.39, 0.29) is 22.6 Å². The number of nitrogens with two attached hydrogens (primary N) is 1. The van der Waals surface area contributed by atoms with E-state index in [4.69, 9.17) is 15.6 Å². The van der Waals surface area contributed by atoms with E-state index in [9.17, 15) is 9.90 Å². The maximum atomic E-state index is 12.1. The van der Waals surface area contributed by atoms with Gasteiger partial charge in [0.05, 0.1) is 11.6 Å². The standard InChI is InChI=1S/C31H35N7O3/c1-18-9-7-8-10-23(18)24(21-12-30(3,4)37-31(5,6)13-21)27(41-17-39)19(2)38-29-25(28(32)34-16-35-29)26(36-38)20-11-22(40)15-33-14-20/h7-12,14-17,19,37,40H,13H2,1-6H3,(H2,32,34,35)/b27-24-. The third kappa shape index (κ3) is 5.43. The number of aryl methyl sites for hydroxylation is 1. The molecule has 0 bridgehead atoms. The summed E-state index contributed by atoms with van der Waals surface area (Å²) in [6.07, 6.45) is 7.21. The van der Waals surface area contributed by atoms with E-state index < -0.39 is 6.04 Å². The molecule has 0 amide bonds. The highest BCUT2D eigenvalue weighted by Gasteiger charge is 2.36. The summed E-state index contributed by atoms with van der Waals surface area (Å²) in [5, 5.41) is 19.2. The Labute approximate surface area is 239 Å². The fraction of sp³-hybridized carbons (Fsp3) is 0.323. The number of nitrogens with one attached hydrogen (secondary N) is 1. The van der Waals surface area contributed by atoms with E-state index in [2.05, 4.69) is 54.0 Å². The predicted octanol–water partition coefficient (Wildman–Crippen LogP) is 5.11. The Balaban J connectivity index is 1.81. The summed E-state index contributed by atoms with van der Waals surface area (Å²) in [6, 6.07) is 9.01. The van der Waals surface area contributed by atoms with Gasteiger partial charge in [-0.05, 0) is 70.7 Å². The van der Waals surface area contributed by atoms with Crippen molar-refractivity contribution in [2.24, 2.45) is 0 Å². The second-order valence-electron chi connectivity index (χ2n) is 11.7. The molecule has 4 N–H and O–H groups in total. The maximum absolute atomic E-state index is 12.1. The number of rotatable bonds is 7. The molecule has 0 aliphatic carbocycles. The second kappa shape index (κ2) is 10.4. The molecule has 0 fully saturated rings. The molecule has 10 nitrogen and oxygen atoms in total. The van der Waals surface area contributed by atoms with Crippen LogP contribution in [0.5, 0.6) is 5.75 Å². The second-order valence-corrected chi connectivity index (χ2v) is 11.7. The summed E-state index contributed by atoms with van der Waals surface area (Å²) >= 11 is 0. The molecule has 1 aliphatic rings. The number of aromatic hydroxyl groups is 1. The number of anilines is 1. The lowest BCUT2D eigenvalue weighted by molar-refractivity contribution is -0.125. The van der Waals surface area contributed by atoms with Gasteiger partial charge in [0, 0.05) is 28.4 Å². The Morgan fingerprint density at radius 2 is 1.95 bits per heavy atom. The summed E-state index contributed by atoms with van der Waals surface area (Å²) in [6.45, 7) is 13.0. The highest BCUT2D eigenvalue weighted by Crippen LogP contribution is 2.42. The Morgan fingerprint density at radius 1 is 1.20 bits per heavy atom. The van der Waals surface area contributed by atoms with E-state index >= 15 is 0 Å². The minimum absolute atomic E-state index is 0.0107. The number of hydrogen-bond donors (Lipinski definition) is 3. The third-order valence-corrected chi connectivity index (χ3v) is 7.25. The van der Waals surface area contributed by atoms with Crippen molar-refractivity contribution in [1.82, 2.24) is 30.0 Å². The van der Waals surface area contributed by atoms with E-state index in [1.54, 1.807) is 16.9 Å². The first kappa shape index (κ1) is 28.0. The predicted molar refractivity (Wildman–Crippen MR) is 159 cm³/mol. The molecule has 41 heavy (non-hydrogen) atoms. The van der Waals surface area contributed by atoms with Crippen molar-refractivity contribution in [3.05, 3.63) is 77.6 Å². The van der Waals surface area contributed by atoms with Gasteiger partial charge in [0.2, 0.25) is 0 Å². The molecule has 5 rings (SSSR count). The van der Waals surface area contributed by atoms with Crippen LogP contribution in [-0.2, 0) is 9.53 Å². The fourth-order valence-electron chi connectivity index (χ4n) is 5.95. The monoisotopic (exact) mass is 553 g/mol. The van der Waals surface area contributed by atoms with Crippen LogP contribution in [0, 0.1) is 6.92 Å². The first-order valence-corrected chi connectivity index (χ1v) is 13.5. The van der Waals surface area contributed by atoms with Gasteiger partial charge in [-0.1, -0.05) is 30.3 Å². The van der Waals surface area contributed by atoms with Crippen LogP contribution in [0.4, 0.5) is 5.82 Å². The van der Waals surface area contributed by atoms with Crippen LogP contribution in [-0.4, -0.2) is 47.4 Å². The summed E-state index contributed by atoms with van der Waals surface area (Å²) < 4.78 is 7.56. The Morgan fingerprint density at radius 3 is 2.63 bits per heavy atom. The SMILES string of the molecule is Cc1ccccc1/C(C1=CC(C)(C)NC(C)(C)C1)=C(\OC=O)C(C)n1nc(-c2cncc(O)c2)c2c(N)ncnc21. The Bertz CT molecular complexity index is 1700. The summed E-state index contributed by atoms with van der Waals surface area (Å²) in [5.74, 6) is 0.650. The van der Waals surface area contributed by atoms with Crippen molar-refractivity contribution in [3.8, 4) is 17.0 Å². The number of hydrogen-bond acceptors (Lipinski definition) is 9. The average molecular weight is 554 g/mol. The molecule has 1 atom stereocenters. The Hall–Kier alpha value is -4.57. The van der Waals surface area contributed by atoms with Crippen molar-refractivity contribution < 1.29 is 14.6 Å². The molecule has 1 aromatic carbocycles. The van der Waals surface area contributed by atoms with Crippen LogP contribution < -0.4 is 11.1 Å². The fourth-order valence-corrected chi connectivity index (χ4v) is 5.95. The Kier molecular flexibility index (Phi) is 7.12. The zero-order chi connectivity index (χ0) is 29.5. The molecule has 0 radical (unpaired) electrons. The van der Waals surface area contributed by atoms with Gasteiger partial charge < -0.3 is 20.9 Å². The molecule has 4 aromatic rings. The van der Waals surface area contributed by atoms with Crippen molar-refractivity contribution in [1.29, 1.82) is 0 Å². The number of aromatic nitrogens is 5. The summed E-state index contributed by atoms with van der Waals surface area (Å²) in [7, 11) is 0. The molecule has 0 saturated heterocycles. The number of benzene rings is 1. The third-order valence-electron chi connectivity index (χ3n) is 7.25. The zero-order valence-corrected chi connectivity index (χ0v) is 24.1. The molecular weight excluding hydrogens is 518 g/mol. The number of nitrogen functional groups attached to an aromatic ring is 1. The molecular formula is C31H35N7O3. The van der Waals surface area contributed by atoms with E-state index in [1.165, 1.54) is 12.5 Å². The largest absolute Gasteiger partial charge is 0.506 e. The molecule has 1 aliphatic heterocycles. The van der Waals surface area contributed by atoms with Crippen molar-refractivity contribution in [2.45, 2.75) is 65.1 Å². The van der Waals surface area contributed by atoms with Gasteiger partial charge in [-0.15, -0.1) is 0 Å². The minimum atomic E-state index is -0.590. The molecule has 3 aromatic heterocycles. The number of pyridine rings is 1. The van der Waals surface area contributed by atoms with Gasteiger partial charge in [-0.25, -0.2) is 14.6 Å². The highest BCUT2D eigenvalue weighted by molar-refractivity contribution is 5.98. The number of carbonyl (C=O) groups is 1. The lowest BCUT2D eigenvalue weighted by atomic mass is 9.78. The quantitative estimate of drug-likeness (QED) is 0.210. The lowest BCUT2D eigenvalue weighted by Crippen LogP contribution is -2.54. The molecule has 0 spiro atoms. The van der Waals surface area contributed by atoms with Crippen LogP contribution in [0.15, 0.2) is 66.5 Å². The topological polar surface area (TPSA) is 141 Å². The van der Waals surface area contributed by atoms with Crippen LogP contribution >= 0.6 is 0 Å². The normalized spacial score (nSPS) is 17.5. The van der Waals surface area contributed by atoms with Gasteiger partial charge in [0.25, 0.3) is 6.47 Å². The van der Waals surface area contributed by atoms with Gasteiger partial charge in [0.1, 0.15) is 35.4 Å². The van der Waals surface area contributed by atoms with E-state index in [0.717, 1.165) is 22.3 Å². The molecule has 1 unspecified atom stereocenters. The van der Waals surface area contributed by atoms with Gasteiger partial charge in [-0.2, -0.15) is 5.10 Å². The van der Waals surface area contributed by atoms with Crippen molar-refractivity contribution in [2.75, 3.05) is 5.73 Å². The van der Waals surface area contributed by atoms with Gasteiger partial charge in [-0.3, -0.25) is 9.78 Å². The number of fused-ring (bicyclic) bond motifs is 1. The molecule has 212 valence electrons. The van der Waals surface area contributed by atoms with E-state index in [1.807, 2.05) is 38.1 Å². The molecule has 10 heteroatoms. The molecule has 4 heterocycles. The number of allylic oxidation sites excluding steroid dienone is 2. The zero-order valence-electron chi connectivity index (χ0n) is 24.1. The first-order chi connectivity index (χ1) is 19.4. The molecule has 0 saturated carbocycles. The van der Waals surface area contributed by atoms with Crippen LogP contribution in [0.2, 0.25) is 0 Å². The highest BCUT2D eigenvalue weighted by atomic mass is 16.5. The lowest BCUT2D eigenvalue weighted by Gasteiger charge is -2.42.